The minimum absolute atomic E-state index is 0.494. The van der Waals surface area contributed by atoms with Gasteiger partial charge in [0.25, 0.3) is 0 Å². The number of nitrogens with one attached hydrogen (secondary N) is 1. The van der Waals surface area contributed by atoms with Crippen molar-refractivity contribution in [2.24, 2.45) is 0 Å². The van der Waals surface area contributed by atoms with Gasteiger partial charge in [0.15, 0.2) is 0 Å². The second-order valence-corrected chi connectivity index (χ2v) is 5.68. The lowest BCUT2D eigenvalue weighted by Crippen LogP contribution is -2.29. The molecular formula is C15H26N4. The lowest BCUT2D eigenvalue weighted by atomic mass is 10.1. The number of hydrogen-bond donors (Lipinski definition) is 1. The molecule has 0 atom stereocenters. The van der Waals surface area contributed by atoms with E-state index in [1.54, 1.807) is 0 Å². The van der Waals surface area contributed by atoms with Crippen LogP contribution in [0.2, 0.25) is 0 Å². The van der Waals surface area contributed by atoms with Crippen LogP contribution in [-0.2, 0) is 6.54 Å². The summed E-state index contributed by atoms with van der Waals surface area (Å²) in [5.74, 6) is 0.898. The average molecular weight is 262 g/mol. The van der Waals surface area contributed by atoms with Gasteiger partial charge in [0.1, 0.15) is 0 Å². The van der Waals surface area contributed by atoms with Gasteiger partial charge in [-0.05, 0) is 12.8 Å². The molecule has 1 aliphatic rings. The summed E-state index contributed by atoms with van der Waals surface area (Å²) in [7, 11) is 0. The maximum Gasteiger partial charge on any atom is 0.225 e. The van der Waals surface area contributed by atoms with E-state index in [4.69, 9.17) is 0 Å². The Labute approximate surface area is 116 Å². The van der Waals surface area contributed by atoms with Crippen LogP contribution in [0.3, 0.4) is 0 Å². The van der Waals surface area contributed by atoms with E-state index in [1.807, 2.05) is 12.4 Å². The SMILES string of the molecule is CC(C)NCc1cnc(N2CCCCCCC2)nc1. The Morgan fingerprint density at radius 1 is 1.05 bits per heavy atom. The van der Waals surface area contributed by atoms with Crippen LogP contribution >= 0.6 is 0 Å². The van der Waals surface area contributed by atoms with Gasteiger partial charge in [0.2, 0.25) is 5.95 Å². The lowest BCUT2D eigenvalue weighted by molar-refractivity contribution is 0.549. The molecule has 2 heterocycles. The van der Waals surface area contributed by atoms with Crippen LogP contribution in [0.25, 0.3) is 0 Å². The van der Waals surface area contributed by atoms with Gasteiger partial charge >= 0.3 is 0 Å². The molecule has 0 bridgehead atoms. The van der Waals surface area contributed by atoms with Crippen molar-refractivity contribution in [2.75, 3.05) is 18.0 Å². The van der Waals surface area contributed by atoms with Crippen LogP contribution in [0.1, 0.15) is 51.5 Å². The predicted molar refractivity (Wildman–Crippen MR) is 79.3 cm³/mol. The molecule has 4 heteroatoms. The van der Waals surface area contributed by atoms with Gasteiger partial charge in [-0.3, -0.25) is 0 Å². The molecule has 1 aromatic heterocycles. The number of rotatable bonds is 4. The van der Waals surface area contributed by atoms with E-state index in [2.05, 4.69) is 34.0 Å². The minimum Gasteiger partial charge on any atom is -0.341 e. The molecule has 1 N–H and O–H groups in total. The summed E-state index contributed by atoms with van der Waals surface area (Å²) >= 11 is 0. The zero-order valence-electron chi connectivity index (χ0n) is 12.2. The Morgan fingerprint density at radius 2 is 1.63 bits per heavy atom. The number of anilines is 1. The Morgan fingerprint density at radius 3 is 2.21 bits per heavy atom. The highest BCUT2D eigenvalue weighted by Crippen LogP contribution is 2.15. The zero-order valence-corrected chi connectivity index (χ0v) is 12.2. The van der Waals surface area contributed by atoms with Crippen molar-refractivity contribution < 1.29 is 0 Å². The Kier molecular flexibility index (Phi) is 5.58. The molecule has 1 saturated heterocycles. The van der Waals surface area contributed by atoms with E-state index in [0.717, 1.165) is 31.1 Å². The summed E-state index contributed by atoms with van der Waals surface area (Å²) in [5, 5.41) is 3.39. The molecule has 1 aliphatic heterocycles. The van der Waals surface area contributed by atoms with Crippen LogP contribution in [0.4, 0.5) is 5.95 Å². The van der Waals surface area contributed by atoms with Gasteiger partial charge in [0, 0.05) is 43.6 Å². The molecule has 0 amide bonds. The summed E-state index contributed by atoms with van der Waals surface area (Å²) in [5.41, 5.74) is 1.16. The average Bonchev–Trinajstić information content (AvgIpc) is 2.37. The monoisotopic (exact) mass is 262 g/mol. The number of hydrogen-bond acceptors (Lipinski definition) is 4. The van der Waals surface area contributed by atoms with E-state index in [1.165, 1.54) is 32.1 Å². The fourth-order valence-electron chi connectivity index (χ4n) is 2.37. The summed E-state index contributed by atoms with van der Waals surface area (Å²) in [4.78, 5) is 11.4. The summed E-state index contributed by atoms with van der Waals surface area (Å²) in [6, 6.07) is 0.494. The second-order valence-electron chi connectivity index (χ2n) is 5.68. The first-order valence-electron chi connectivity index (χ1n) is 7.55. The van der Waals surface area contributed by atoms with Gasteiger partial charge in [0.05, 0.1) is 0 Å². The molecule has 2 rings (SSSR count). The van der Waals surface area contributed by atoms with Gasteiger partial charge < -0.3 is 10.2 Å². The largest absolute Gasteiger partial charge is 0.341 e. The van der Waals surface area contributed by atoms with Gasteiger partial charge in [-0.25, -0.2) is 9.97 Å². The smallest absolute Gasteiger partial charge is 0.225 e. The molecule has 106 valence electrons. The highest BCUT2D eigenvalue weighted by Gasteiger charge is 2.11. The van der Waals surface area contributed by atoms with E-state index < -0.39 is 0 Å². The standard InChI is InChI=1S/C15H26N4/c1-13(2)16-10-14-11-17-15(18-12-14)19-8-6-4-3-5-7-9-19/h11-13,16H,3-10H2,1-2H3. The van der Waals surface area contributed by atoms with Crippen molar-refractivity contribution in [3.05, 3.63) is 18.0 Å². The Bertz CT molecular complexity index is 353. The minimum atomic E-state index is 0.494. The highest BCUT2D eigenvalue weighted by atomic mass is 15.2. The van der Waals surface area contributed by atoms with Crippen molar-refractivity contribution in [3.8, 4) is 0 Å². The van der Waals surface area contributed by atoms with E-state index in [0.29, 0.717) is 6.04 Å². The first-order valence-corrected chi connectivity index (χ1v) is 7.55. The Hall–Kier alpha value is -1.16. The third-order valence-electron chi connectivity index (χ3n) is 3.55. The zero-order chi connectivity index (χ0) is 13.5. The van der Waals surface area contributed by atoms with Crippen LogP contribution in [0.15, 0.2) is 12.4 Å². The summed E-state index contributed by atoms with van der Waals surface area (Å²) in [6.45, 7) is 7.34. The van der Waals surface area contributed by atoms with Crippen molar-refractivity contribution in [1.29, 1.82) is 0 Å². The van der Waals surface area contributed by atoms with Crippen molar-refractivity contribution in [3.63, 3.8) is 0 Å². The maximum atomic E-state index is 4.53. The second kappa shape index (κ2) is 7.43. The van der Waals surface area contributed by atoms with Crippen LogP contribution in [0.5, 0.6) is 0 Å². The molecule has 0 aliphatic carbocycles. The quantitative estimate of drug-likeness (QED) is 0.906. The van der Waals surface area contributed by atoms with Crippen LogP contribution in [-0.4, -0.2) is 29.1 Å². The van der Waals surface area contributed by atoms with Crippen LogP contribution < -0.4 is 10.2 Å². The topological polar surface area (TPSA) is 41.1 Å². The first-order chi connectivity index (χ1) is 9.25. The molecule has 19 heavy (non-hydrogen) atoms. The lowest BCUT2D eigenvalue weighted by Gasteiger charge is -2.24. The molecule has 0 aromatic carbocycles. The van der Waals surface area contributed by atoms with Gasteiger partial charge in [-0.15, -0.1) is 0 Å². The van der Waals surface area contributed by atoms with Crippen molar-refractivity contribution in [2.45, 2.75) is 58.5 Å². The van der Waals surface area contributed by atoms with Crippen molar-refractivity contribution >= 4 is 5.95 Å². The van der Waals surface area contributed by atoms with E-state index in [9.17, 15) is 0 Å². The molecule has 4 nitrogen and oxygen atoms in total. The number of aromatic nitrogens is 2. The molecule has 0 spiro atoms. The van der Waals surface area contributed by atoms with Crippen LogP contribution in [0, 0.1) is 0 Å². The third kappa shape index (κ3) is 4.78. The maximum absolute atomic E-state index is 4.53. The van der Waals surface area contributed by atoms with E-state index >= 15 is 0 Å². The fourth-order valence-corrected chi connectivity index (χ4v) is 2.37. The summed E-state index contributed by atoms with van der Waals surface area (Å²) < 4.78 is 0. The predicted octanol–water partition coefficient (Wildman–Crippen LogP) is 2.75. The molecule has 0 saturated carbocycles. The fraction of sp³-hybridized carbons (Fsp3) is 0.733. The molecule has 0 radical (unpaired) electrons. The number of nitrogens with zero attached hydrogens (tertiary/aromatic N) is 3. The van der Waals surface area contributed by atoms with E-state index in [-0.39, 0.29) is 0 Å². The highest BCUT2D eigenvalue weighted by molar-refractivity contribution is 5.29. The summed E-state index contributed by atoms with van der Waals surface area (Å²) in [6.07, 6.45) is 10.5. The molecule has 1 fully saturated rings. The molecular weight excluding hydrogens is 236 g/mol. The van der Waals surface area contributed by atoms with Gasteiger partial charge in [-0.1, -0.05) is 33.1 Å². The molecule has 1 aromatic rings. The van der Waals surface area contributed by atoms with Gasteiger partial charge in [-0.2, -0.15) is 0 Å². The van der Waals surface area contributed by atoms with Crippen molar-refractivity contribution in [1.82, 2.24) is 15.3 Å². The normalized spacial score (nSPS) is 17.3. The first kappa shape index (κ1) is 14.3. The molecule has 0 unspecified atom stereocenters. The Balaban J connectivity index is 1.92. The third-order valence-corrected chi connectivity index (χ3v) is 3.55.